The number of benzene rings is 1. The summed E-state index contributed by atoms with van der Waals surface area (Å²) in [4.78, 5) is 4.23. The molecular weight excluding hydrogens is 402 g/mol. The summed E-state index contributed by atoms with van der Waals surface area (Å²) >= 11 is 0. The lowest BCUT2D eigenvalue weighted by atomic mass is 10.0. The van der Waals surface area contributed by atoms with E-state index in [0.29, 0.717) is 28.3 Å². The molecule has 2 atom stereocenters. The van der Waals surface area contributed by atoms with Gasteiger partial charge in [-0.3, -0.25) is 9.40 Å². The van der Waals surface area contributed by atoms with Crippen LogP contribution in [0.2, 0.25) is 0 Å². The maximum atomic E-state index is 13.2. The van der Waals surface area contributed by atoms with Gasteiger partial charge in [0.25, 0.3) is 0 Å². The number of rotatable bonds is 0. The molecule has 10 heteroatoms. The largest absolute Gasteiger partial charge is 0.482 e. The van der Waals surface area contributed by atoms with Crippen LogP contribution in [0.4, 0.5) is 11.5 Å². The van der Waals surface area contributed by atoms with E-state index in [-0.39, 0.29) is 17.3 Å². The van der Waals surface area contributed by atoms with Gasteiger partial charge in [-0.15, -0.1) is 0 Å². The Hall–Kier alpha value is -3.58. The molecule has 30 heavy (non-hydrogen) atoms. The van der Waals surface area contributed by atoms with Crippen LogP contribution in [0.3, 0.4) is 0 Å². The molecule has 1 unspecified atom stereocenters. The van der Waals surface area contributed by atoms with Crippen molar-refractivity contribution in [3.63, 3.8) is 0 Å². The lowest BCUT2D eigenvalue weighted by molar-refractivity contribution is 0.228. The summed E-state index contributed by atoms with van der Waals surface area (Å²) in [6, 6.07) is 9.40. The number of hydrogen-bond acceptors (Lipinski definition) is 7. The quantitative estimate of drug-likeness (QED) is 0.506. The van der Waals surface area contributed by atoms with Gasteiger partial charge < -0.3 is 10.5 Å². The van der Waals surface area contributed by atoms with Crippen LogP contribution in [0.15, 0.2) is 30.5 Å². The van der Waals surface area contributed by atoms with Gasteiger partial charge in [0.05, 0.1) is 17.1 Å². The molecule has 0 amide bonds. The lowest BCUT2D eigenvalue weighted by Crippen LogP contribution is -2.18. The molecule has 0 aliphatic carbocycles. The highest BCUT2D eigenvalue weighted by Crippen LogP contribution is 2.37. The first-order chi connectivity index (χ1) is 14.2. The Morgan fingerprint density at radius 2 is 2.20 bits per heavy atom. The number of fused-ring (bicyclic) bond motifs is 5. The van der Waals surface area contributed by atoms with E-state index < -0.39 is 16.0 Å². The monoisotopic (exact) mass is 423 g/mol. The van der Waals surface area contributed by atoms with Crippen LogP contribution in [-0.2, 0) is 22.7 Å². The molecule has 1 aliphatic heterocycles. The van der Waals surface area contributed by atoms with Gasteiger partial charge in [-0.25, -0.2) is 14.0 Å². The van der Waals surface area contributed by atoms with Crippen molar-refractivity contribution in [3.05, 3.63) is 53.0 Å². The maximum Gasteiger partial charge on any atom is 0.166 e. The van der Waals surface area contributed by atoms with E-state index >= 15 is 0 Å². The smallest absolute Gasteiger partial charge is 0.166 e. The fourth-order valence-corrected chi connectivity index (χ4v) is 4.77. The molecular formula is C20H21N7O2S. The second-order valence-corrected chi connectivity index (χ2v) is 9.13. The molecule has 4 N–H and O–H groups in total. The summed E-state index contributed by atoms with van der Waals surface area (Å²) in [5.41, 5.74) is 10.0. The Balaban J connectivity index is 2.00. The van der Waals surface area contributed by atoms with Crippen LogP contribution >= 0.6 is 0 Å². The van der Waals surface area contributed by atoms with Gasteiger partial charge in [-0.05, 0) is 26.0 Å². The number of nitrogen functional groups attached to an aromatic ring is 1. The summed E-state index contributed by atoms with van der Waals surface area (Å²) in [7, 11) is -1.69. The maximum absolute atomic E-state index is 13.2. The summed E-state index contributed by atoms with van der Waals surface area (Å²) < 4.78 is 32.0. The number of pyridine rings is 1. The van der Waals surface area contributed by atoms with E-state index in [0.717, 1.165) is 11.1 Å². The molecule has 9 nitrogen and oxygen atoms in total. The first-order valence-electron chi connectivity index (χ1n) is 9.22. The fraction of sp³-hybridized carbons (Fsp3) is 0.250. The Morgan fingerprint density at radius 1 is 1.43 bits per heavy atom. The molecule has 1 aliphatic rings. The number of nitrogens with two attached hydrogens (primary N) is 1. The van der Waals surface area contributed by atoms with E-state index in [9.17, 15) is 9.47 Å². The number of ether oxygens (including phenoxy) is 1. The Labute approximate surface area is 174 Å². The van der Waals surface area contributed by atoms with Crippen molar-refractivity contribution in [1.29, 1.82) is 10.0 Å². The van der Waals surface area contributed by atoms with Crippen molar-refractivity contribution < 1.29 is 8.95 Å². The number of anilines is 2. The summed E-state index contributed by atoms with van der Waals surface area (Å²) in [6.07, 6.45) is 1.07. The van der Waals surface area contributed by atoms with Crippen LogP contribution in [-0.4, -0.2) is 19.0 Å². The predicted molar refractivity (Wildman–Crippen MR) is 114 cm³/mol. The van der Waals surface area contributed by atoms with Gasteiger partial charge >= 0.3 is 0 Å². The lowest BCUT2D eigenvalue weighted by Gasteiger charge is -2.22. The van der Waals surface area contributed by atoms with E-state index in [2.05, 4.69) is 20.9 Å². The van der Waals surface area contributed by atoms with Crippen molar-refractivity contribution >= 4 is 21.4 Å². The number of nitriles is 1. The average molecular weight is 424 g/mol. The van der Waals surface area contributed by atoms with Crippen molar-refractivity contribution in [3.8, 4) is 22.9 Å². The molecule has 4 rings (SSSR count). The highest BCUT2D eigenvalue weighted by molar-refractivity contribution is 7.92. The number of aryl methyl sites for hydroxylation is 2. The van der Waals surface area contributed by atoms with Crippen LogP contribution < -0.4 is 15.2 Å². The summed E-state index contributed by atoms with van der Waals surface area (Å²) in [5, 5.41) is 14.0. The van der Waals surface area contributed by atoms with Gasteiger partial charge in [-0.2, -0.15) is 10.4 Å². The van der Waals surface area contributed by atoms with Crippen molar-refractivity contribution in [2.75, 3.05) is 10.5 Å². The Kier molecular flexibility index (Phi) is 4.63. The minimum Gasteiger partial charge on any atom is -0.482 e. The molecule has 2 aromatic heterocycles. The minimum atomic E-state index is -3.32. The molecule has 3 aromatic rings. The normalized spacial score (nSPS) is 20.4. The van der Waals surface area contributed by atoms with E-state index in [4.69, 9.17) is 15.3 Å². The summed E-state index contributed by atoms with van der Waals surface area (Å²) in [6.45, 7) is 3.79. The van der Waals surface area contributed by atoms with Gasteiger partial charge in [-0.1, -0.05) is 17.7 Å². The van der Waals surface area contributed by atoms with E-state index in [1.54, 1.807) is 19.2 Å². The number of nitrogens with zero attached hydrogens (tertiary/aromatic N) is 4. The average Bonchev–Trinajstić information content (AvgIpc) is 2.98. The fourth-order valence-electron chi connectivity index (χ4n) is 3.57. The van der Waals surface area contributed by atoms with Crippen molar-refractivity contribution in [2.24, 2.45) is 7.05 Å². The molecule has 2 bridgehead atoms. The standard InChI is InChI=1S/C20H21N7O2S/c1-11-4-5-15-14(6-11)12(2)29-18-7-13(9-24-20(18)22)19-16(10-30(23,28)26-15)25-27(3)17(19)8-21/h4-7,9,12H,10H2,1-3H3,(H2,22,24)(H2,23,26,28)/t12-,30?/m1/s1. The predicted octanol–water partition coefficient (Wildman–Crippen LogP) is 3.27. The molecule has 3 heterocycles. The van der Waals surface area contributed by atoms with Gasteiger partial charge in [0.1, 0.15) is 27.8 Å². The Bertz CT molecular complexity index is 1310. The molecule has 0 saturated heterocycles. The van der Waals surface area contributed by atoms with Crippen LogP contribution in [0, 0.1) is 23.0 Å². The third kappa shape index (κ3) is 3.44. The summed E-state index contributed by atoms with van der Waals surface area (Å²) in [5.74, 6) is 0.413. The molecule has 1 aromatic carbocycles. The SMILES string of the molecule is Cc1ccc2c(c1)[C@@H](C)Oc1cc(cnc1N)-c1c(nn(C)c1C#N)CS(=N)(=O)N2. The van der Waals surface area contributed by atoms with Crippen molar-refractivity contribution in [2.45, 2.75) is 25.7 Å². The third-order valence-electron chi connectivity index (χ3n) is 4.96. The second-order valence-electron chi connectivity index (χ2n) is 7.29. The highest BCUT2D eigenvalue weighted by atomic mass is 32.2. The topological polar surface area (TPSA) is 143 Å². The zero-order valence-corrected chi connectivity index (χ0v) is 17.6. The Morgan fingerprint density at radius 3 is 2.93 bits per heavy atom. The zero-order valence-electron chi connectivity index (χ0n) is 16.8. The molecule has 154 valence electrons. The minimum absolute atomic E-state index is 0.180. The van der Waals surface area contributed by atoms with Crippen LogP contribution in [0.1, 0.15) is 35.5 Å². The first-order valence-corrected chi connectivity index (χ1v) is 10.9. The number of hydrogen-bond donors (Lipinski definition) is 3. The molecule has 0 radical (unpaired) electrons. The van der Waals surface area contributed by atoms with Gasteiger partial charge in [0, 0.05) is 29.9 Å². The van der Waals surface area contributed by atoms with E-state index in [1.807, 2.05) is 26.0 Å². The number of aromatic nitrogens is 3. The van der Waals surface area contributed by atoms with Crippen LogP contribution in [0.25, 0.3) is 11.1 Å². The van der Waals surface area contributed by atoms with Crippen molar-refractivity contribution in [1.82, 2.24) is 14.8 Å². The molecule has 0 spiro atoms. The molecule has 0 fully saturated rings. The third-order valence-corrected chi connectivity index (χ3v) is 6.19. The number of nitrogens with one attached hydrogen (secondary N) is 2. The molecule has 0 saturated carbocycles. The zero-order chi connectivity index (χ0) is 21.6. The van der Waals surface area contributed by atoms with Gasteiger partial charge in [0.2, 0.25) is 0 Å². The van der Waals surface area contributed by atoms with Gasteiger partial charge in [0.15, 0.2) is 11.6 Å². The highest BCUT2D eigenvalue weighted by Gasteiger charge is 2.25. The van der Waals surface area contributed by atoms with E-state index in [1.165, 1.54) is 10.9 Å². The van der Waals surface area contributed by atoms with Crippen LogP contribution in [0.5, 0.6) is 5.75 Å². The second kappa shape index (κ2) is 7.03. The first kappa shape index (κ1) is 19.7.